The minimum absolute atomic E-state index is 0.102. The molecule has 7 heteroatoms. The maximum absolute atomic E-state index is 12.5. The average molecular weight is 404 g/mol. The van der Waals surface area contributed by atoms with Crippen LogP contribution in [0.25, 0.3) is 0 Å². The highest BCUT2D eigenvalue weighted by Gasteiger charge is 2.14. The standard InChI is InChI=1S/C22H20N4O2S/c1-14-8-10-17(11-9-14)28-20-7-5-4-6-19(20)24-21(27)13-29-22-18(12-23)15(2)16(3)25-26-22/h4-11H,13H2,1-3H3,(H,24,27). The average Bonchev–Trinajstić information content (AvgIpc) is 2.72. The van der Waals surface area contributed by atoms with Crippen LogP contribution in [0.1, 0.15) is 22.4 Å². The molecule has 0 fully saturated rings. The number of rotatable bonds is 6. The molecule has 29 heavy (non-hydrogen) atoms. The molecule has 6 nitrogen and oxygen atoms in total. The minimum Gasteiger partial charge on any atom is -0.455 e. The smallest absolute Gasteiger partial charge is 0.234 e. The van der Waals surface area contributed by atoms with E-state index in [9.17, 15) is 10.1 Å². The zero-order valence-electron chi connectivity index (χ0n) is 16.4. The van der Waals surface area contributed by atoms with Crippen LogP contribution in [0, 0.1) is 32.1 Å². The van der Waals surface area contributed by atoms with Gasteiger partial charge in [-0.25, -0.2) is 0 Å². The van der Waals surface area contributed by atoms with Crippen molar-refractivity contribution in [1.29, 1.82) is 5.26 Å². The van der Waals surface area contributed by atoms with Crippen molar-refractivity contribution in [2.24, 2.45) is 0 Å². The van der Waals surface area contributed by atoms with Gasteiger partial charge in [0.25, 0.3) is 0 Å². The van der Waals surface area contributed by atoms with E-state index in [-0.39, 0.29) is 11.7 Å². The van der Waals surface area contributed by atoms with E-state index in [1.165, 1.54) is 11.8 Å². The van der Waals surface area contributed by atoms with Crippen LogP contribution >= 0.6 is 11.8 Å². The van der Waals surface area contributed by atoms with Crippen LogP contribution in [0.2, 0.25) is 0 Å². The Kier molecular flexibility index (Phi) is 6.47. The number of aromatic nitrogens is 2. The first-order valence-corrected chi connectivity index (χ1v) is 9.96. The molecule has 2 aromatic carbocycles. The number of thioether (sulfide) groups is 1. The number of benzene rings is 2. The van der Waals surface area contributed by atoms with Gasteiger partial charge in [0.2, 0.25) is 5.91 Å². The molecular formula is C22H20N4O2S. The summed E-state index contributed by atoms with van der Waals surface area (Å²) in [5.74, 6) is 1.12. The molecule has 0 aliphatic heterocycles. The van der Waals surface area contributed by atoms with E-state index in [1.807, 2.05) is 50.2 Å². The summed E-state index contributed by atoms with van der Waals surface area (Å²) in [4.78, 5) is 12.5. The number of aryl methyl sites for hydroxylation is 2. The Bertz CT molecular complexity index is 1080. The first-order chi connectivity index (χ1) is 14.0. The second kappa shape index (κ2) is 9.22. The van der Waals surface area contributed by atoms with Gasteiger partial charge < -0.3 is 10.1 Å². The number of carbonyl (C=O) groups excluding carboxylic acids is 1. The van der Waals surface area contributed by atoms with Gasteiger partial charge in [0.1, 0.15) is 16.8 Å². The van der Waals surface area contributed by atoms with Crippen molar-refractivity contribution in [2.45, 2.75) is 25.8 Å². The summed E-state index contributed by atoms with van der Waals surface area (Å²) in [7, 11) is 0. The van der Waals surface area contributed by atoms with E-state index >= 15 is 0 Å². The van der Waals surface area contributed by atoms with Crippen LogP contribution in [0.4, 0.5) is 5.69 Å². The molecule has 0 saturated heterocycles. The fraction of sp³-hybridized carbons (Fsp3) is 0.182. The molecule has 1 aromatic heterocycles. The van der Waals surface area contributed by atoms with Crippen LogP contribution in [-0.4, -0.2) is 21.9 Å². The van der Waals surface area contributed by atoms with Crippen molar-refractivity contribution in [3.05, 3.63) is 70.9 Å². The number of nitrogens with one attached hydrogen (secondary N) is 1. The van der Waals surface area contributed by atoms with E-state index in [4.69, 9.17) is 4.74 Å². The lowest BCUT2D eigenvalue weighted by Gasteiger charge is -2.12. The number of nitriles is 1. The molecule has 3 rings (SSSR count). The second-order valence-corrected chi connectivity index (χ2v) is 7.41. The summed E-state index contributed by atoms with van der Waals surface area (Å²) in [6.07, 6.45) is 0. The van der Waals surface area contributed by atoms with Gasteiger partial charge in [0.15, 0.2) is 5.75 Å². The molecule has 0 aliphatic carbocycles. The molecule has 146 valence electrons. The SMILES string of the molecule is Cc1ccc(Oc2ccccc2NC(=O)CSc2nnc(C)c(C)c2C#N)cc1. The first kappa shape index (κ1) is 20.4. The van der Waals surface area contributed by atoms with Gasteiger partial charge in [0, 0.05) is 0 Å². The number of ether oxygens (including phenoxy) is 1. The number of anilines is 1. The molecule has 3 aromatic rings. The molecule has 0 atom stereocenters. The van der Waals surface area contributed by atoms with Crippen molar-refractivity contribution in [3.8, 4) is 17.6 Å². The lowest BCUT2D eigenvalue weighted by Crippen LogP contribution is -2.15. The number of nitrogens with zero attached hydrogens (tertiary/aromatic N) is 3. The molecule has 0 bridgehead atoms. The van der Waals surface area contributed by atoms with Gasteiger partial charge in [-0.15, -0.1) is 5.10 Å². The van der Waals surface area contributed by atoms with Crippen molar-refractivity contribution in [1.82, 2.24) is 10.2 Å². The fourth-order valence-corrected chi connectivity index (χ4v) is 3.31. The topological polar surface area (TPSA) is 87.9 Å². The maximum Gasteiger partial charge on any atom is 0.234 e. The Hall–Kier alpha value is -3.37. The lowest BCUT2D eigenvalue weighted by atomic mass is 10.1. The van der Waals surface area contributed by atoms with Crippen LogP contribution in [0.3, 0.4) is 0 Å². The van der Waals surface area contributed by atoms with Crippen molar-refractivity contribution < 1.29 is 9.53 Å². The van der Waals surface area contributed by atoms with E-state index < -0.39 is 0 Å². The molecule has 1 heterocycles. The number of hydrogen-bond donors (Lipinski definition) is 1. The van der Waals surface area contributed by atoms with E-state index in [0.717, 1.165) is 11.1 Å². The second-order valence-electron chi connectivity index (χ2n) is 6.45. The highest BCUT2D eigenvalue weighted by molar-refractivity contribution is 8.00. The van der Waals surface area contributed by atoms with Gasteiger partial charge in [-0.2, -0.15) is 10.4 Å². The summed E-state index contributed by atoms with van der Waals surface area (Å²) in [6.45, 7) is 5.63. The van der Waals surface area contributed by atoms with Crippen LogP contribution in [0.5, 0.6) is 11.5 Å². The zero-order chi connectivity index (χ0) is 20.8. The predicted molar refractivity (Wildman–Crippen MR) is 113 cm³/mol. The molecule has 1 N–H and O–H groups in total. The van der Waals surface area contributed by atoms with E-state index in [0.29, 0.717) is 33.5 Å². The molecule has 1 amide bonds. The maximum atomic E-state index is 12.5. The first-order valence-electron chi connectivity index (χ1n) is 8.98. The summed E-state index contributed by atoms with van der Waals surface area (Å²) < 4.78 is 5.91. The van der Waals surface area contributed by atoms with Gasteiger partial charge >= 0.3 is 0 Å². The molecule has 0 unspecified atom stereocenters. The molecule has 0 spiro atoms. The number of para-hydroxylation sites is 2. The van der Waals surface area contributed by atoms with Crippen LogP contribution < -0.4 is 10.1 Å². The Morgan fingerprint density at radius 2 is 1.83 bits per heavy atom. The number of carbonyl (C=O) groups is 1. The fourth-order valence-electron chi connectivity index (χ4n) is 2.53. The van der Waals surface area contributed by atoms with Crippen molar-refractivity contribution in [2.75, 3.05) is 11.1 Å². The molecular weight excluding hydrogens is 384 g/mol. The Balaban J connectivity index is 1.68. The van der Waals surface area contributed by atoms with Gasteiger partial charge in [-0.05, 0) is 50.6 Å². The number of amides is 1. The van der Waals surface area contributed by atoms with Gasteiger partial charge in [0.05, 0.1) is 22.7 Å². The molecule has 0 saturated carbocycles. The third-order valence-electron chi connectivity index (χ3n) is 4.28. The molecule has 0 aliphatic rings. The predicted octanol–water partition coefficient (Wildman–Crippen LogP) is 4.80. The third kappa shape index (κ3) is 5.12. The Morgan fingerprint density at radius 3 is 2.55 bits per heavy atom. The van der Waals surface area contributed by atoms with Crippen molar-refractivity contribution >= 4 is 23.4 Å². The monoisotopic (exact) mass is 404 g/mol. The van der Waals surface area contributed by atoms with Gasteiger partial charge in [-0.3, -0.25) is 4.79 Å². The molecule has 0 radical (unpaired) electrons. The van der Waals surface area contributed by atoms with E-state index in [2.05, 4.69) is 21.6 Å². The summed E-state index contributed by atoms with van der Waals surface area (Å²) >= 11 is 1.18. The van der Waals surface area contributed by atoms with Crippen molar-refractivity contribution in [3.63, 3.8) is 0 Å². The van der Waals surface area contributed by atoms with E-state index in [1.54, 1.807) is 19.1 Å². The van der Waals surface area contributed by atoms with Gasteiger partial charge in [-0.1, -0.05) is 41.6 Å². The summed E-state index contributed by atoms with van der Waals surface area (Å²) in [5, 5.41) is 20.8. The Labute approximate surface area is 173 Å². The number of hydrogen-bond acceptors (Lipinski definition) is 6. The third-order valence-corrected chi connectivity index (χ3v) is 5.25. The highest BCUT2D eigenvalue weighted by Crippen LogP contribution is 2.30. The minimum atomic E-state index is -0.223. The summed E-state index contributed by atoms with van der Waals surface area (Å²) in [5.41, 5.74) is 3.66. The Morgan fingerprint density at radius 1 is 1.10 bits per heavy atom. The van der Waals surface area contributed by atoms with Crippen LogP contribution in [-0.2, 0) is 4.79 Å². The summed E-state index contributed by atoms with van der Waals surface area (Å²) in [6, 6.07) is 17.1. The van der Waals surface area contributed by atoms with Crippen LogP contribution in [0.15, 0.2) is 53.6 Å². The largest absolute Gasteiger partial charge is 0.455 e. The highest BCUT2D eigenvalue weighted by atomic mass is 32.2. The zero-order valence-corrected chi connectivity index (χ0v) is 17.2. The normalized spacial score (nSPS) is 10.3. The lowest BCUT2D eigenvalue weighted by molar-refractivity contribution is -0.113. The quantitative estimate of drug-likeness (QED) is 0.594.